The standard InChI is InChI=1S/C14H20O3/c1-4-5-10-12(15)7-6-11(14(10)17)13(16)8-9(2)3/h6-7,9,15,17H,4-5,8H2,1-3H3. The molecule has 0 aliphatic rings. The van der Waals surface area contributed by atoms with Crippen LogP contribution in [0.5, 0.6) is 11.5 Å². The van der Waals surface area contributed by atoms with E-state index in [4.69, 9.17) is 0 Å². The number of phenolic OH excluding ortho intramolecular Hbond substituents is 2. The average Bonchev–Trinajstić information content (AvgIpc) is 2.23. The minimum absolute atomic E-state index is 0.0579. The molecule has 0 unspecified atom stereocenters. The Morgan fingerprint density at radius 3 is 2.47 bits per heavy atom. The van der Waals surface area contributed by atoms with Gasteiger partial charge in [0.05, 0.1) is 5.56 Å². The normalized spacial score (nSPS) is 10.8. The number of phenols is 2. The molecule has 0 aliphatic heterocycles. The molecule has 0 heterocycles. The van der Waals surface area contributed by atoms with E-state index in [2.05, 4.69) is 0 Å². The van der Waals surface area contributed by atoms with Crippen LogP contribution in [0.15, 0.2) is 12.1 Å². The van der Waals surface area contributed by atoms with Crippen LogP contribution in [0.25, 0.3) is 0 Å². The van der Waals surface area contributed by atoms with Gasteiger partial charge in [0.15, 0.2) is 5.78 Å². The van der Waals surface area contributed by atoms with Gasteiger partial charge in [-0.05, 0) is 24.5 Å². The maximum atomic E-state index is 11.9. The number of carbonyl (C=O) groups excluding carboxylic acids is 1. The molecule has 2 N–H and O–H groups in total. The molecule has 3 nitrogen and oxygen atoms in total. The van der Waals surface area contributed by atoms with Crippen molar-refractivity contribution in [3.63, 3.8) is 0 Å². The highest BCUT2D eigenvalue weighted by Gasteiger charge is 2.17. The summed E-state index contributed by atoms with van der Waals surface area (Å²) in [6, 6.07) is 2.98. The van der Waals surface area contributed by atoms with Crippen molar-refractivity contribution in [1.82, 2.24) is 0 Å². The Balaban J connectivity index is 3.09. The van der Waals surface area contributed by atoms with Gasteiger partial charge < -0.3 is 10.2 Å². The molecule has 0 saturated heterocycles. The molecule has 0 fully saturated rings. The quantitative estimate of drug-likeness (QED) is 0.771. The van der Waals surface area contributed by atoms with E-state index in [1.807, 2.05) is 20.8 Å². The van der Waals surface area contributed by atoms with Gasteiger partial charge >= 0.3 is 0 Å². The second-order valence-corrected chi connectivity index (χ2v) is 4.73. The molecule has 17 heavy (non-hydrogen) atoms. The van der Waals surface area contributed by atoms with E-state index in [9.17, 15) is 15.0 Å². The van der Waals surface area contributed by atoms with Crippen molar-refractivity contribution in [2.24, 2.45) is 5.92 Å². The minimum Gasteiger partial charge on any atom is -0.508 e. The lowest BCUT2D eigenvalue weighted by Gasteiger charge is -2.11. The van der Waals surface area contributed by atoms with Crippen LogP contribution in [0.2, 0.25) is 0 Å². The van der Waals surface area contributed by atoms with Crippen LogP contribution in [0, 0.1) is 5.92 Å². The second-order valence-electron chi connectivity index (χ2n) is 4.73. The summed E-state index contributed by atoms with van der Waals surface area (Å²) in [5, 5.41) is 19.6. The van der Waals surface area contributed by atoms with Crippen molar-refractivity contribution in [2.45, 2.75) is 40.0 Å². The SMILES string of the molecule is CCCc1c(O)ccc(C(=O)CC(C)C)c1O. The monoisotopic (exact) mass is 236 g/mol. The lowest BCUT2D eigenvalue weighted by Crippen LogP contribution is -2.05. The second kappa shape index (κ2) is 5.71. The fraction of sp³-hybridized carbons (Fsp3) is 0.500. The zero-order valence-corrected chi connectivity index (χ0v) is 10.7. The Morgan fingerprint density at radius 1 is 1.29 bits per heavy atom. The number of hydrogen-bond acceptors (Lipinski definition) is 3. The molecule has 1 aromatic rings. The molecule has 0 radical (unpaired) electrons. The van der Waals surface area contributed by atoms with Gasteiger partial charge in [-0.2, -0.15) is 0 Å². The maximum absolute atomic E-state index is 11.9. The van der Waals surface area contributed by atoms with Crippen molar-refractivity contribution in [3.05, 3.63) is 23.3 Å². The third kappa shape index (κ3) is 3.22. The van der Waals surface area contributed by atoms with E-state index in [-0.39, 0.29) is 23.2 Å². The van der Waals surface area contributed by atoms with Crippen LogP contribution in [0.4, 0.5) is 0 Å². The van der Waals surface area contributed by atoms with Gasteiger partial charge in [-0.15, -0.1) is 0 Å². The van der Waals surface area contributed by atoms with Crippen LogP contribution < -0.4 is 0 Å². The van der Waals surface area contributed by atoms with E-state index in [1.165, 1.54) is 12.1 Å². The zero-order valence-electron chi connectivity index (χ0n) is 10.7. The third-order valence-electron chi connectivity index (χ3n) is 2.65. The number of Topliss-reactive ketones (excluding diaryl/α,β-unsaturated/α-hetero) is 1. The number of ketones is 1. The molecule has 1 rings (SSSR count). The summed E-state index contributed by atoms with van der Waals surface area (Å²) in [5.41, 5.74) is 0.794. The van der Waals surface area contributed by atoms with Crippen molar-refractivity contribution in [3.8, 4) is 11.5 Å². The van der Waals surface area contributed by atoms with Gasteiger partial charge in [0.2, 0.25) is 0 Å². The first-order valence-electron chi connectivity index (χ1n) is 6.04. The molecule has 94 valence electrons. The Bertz CT molecular complexity index is 408. The van der Waals surface area contributed by atoms with E-state index in [0.717, 1.165) is 6.42 Å². The van der Waals surface area contributed by atoms with Crippen molar-refractivity contribution in [2.75, 3.05) is 0 Å². The predicted molar refractivity (Wildman–Crippen MR) is 67.6 cm³/mol. The summed E-state index contributed by atoms with van der Waals surface area (Å²) >= 11 is 0. The smallest absolute Gasteiger partial charge is 0.166 e. The third-order valence-corrected chi connectivity index (χ3v) is 2.65. The van der Waals surface area contributed by atoms with Crippen LogP contribution in [-0.4, -0.2) is 16.0 Å². The first-order valence-corrected chi connectivity index (χ1v) is 6.04. The number of aromatic hydroxyl groups is 2. The topological polar surface area (TPSA) is 57.5 Å². The Kier molecular flexibility index (Phi) is 4.55. The van der Waals surface area contributed by atoms with Gasteiger partial charge in [0, 0.05) is 12.0 Å². The van der Waals surface area contributed by atoms with E-state index < -0.39 is 0 Å². The molecule has 0 saturated carbocycles. The lowest BCUT2D eigenvalue weighted by molar-refractivity contribution is 0.0965. The Labute approximate surface area is 102 Å². The highest BCUT2D eigenvalue weighted by Crippen LogP contribution is 2.32. The van der Waals surface area contributed by atoms with Crippen LogP contribution in [-0.2, 0) is 6.42 Å². The highest BCUT2D eigenvalue weighted by atomic mass is 16.3. The molecule has 0 atom stereocenters. The van der Waals surface area contributed by atoms with Gasteiger partial charge in [-0.1, -0.05) is 27.2 Å². The number of carbonyl (C=O) groups is 1. The summed E-state index contributed by atoms with van der Waals surface area (Å²) in [6.07, 6.45) is 1.79. The predicted octanol–water partition coefficient (Wildman–Crippen LogP) is 3.28. The van der Waals surface area contributed by atoms with E-state index in [1.54, 1.807) is 0 Å². The van der Waals surface area contributed by atoms with Crippen LogP contribution in [0.3, 0.4) is 0 Å². The number of benzene rings is 1. The molecule has 1 aromatic carbocycles. The summed E-state index contributed by atoms with van der Waals surface area (Å²) in [4.78, 5) is 11.9. The van der Waals surface area contributed by atoms with E-state index >= 15 is 0 Å². The van der Waals surface area contributed by atoms with Gasteiger partial charge in [0.1, 0.15) is 11.5 Å². The number of rotatable bonds is 5. The fourth-order valence-corrected chi connectivity index (χ4v) is 1.83. The molecule has 0 amide bonds. The van der Waals surface area contributed by atoms with Crippen molar-refractivity contribution in [1.29, 1.82) is 0 Å². The fourth-order valence-electron chi connectivity index (χ4n) is 1.83. The highest BCUT2D eigenvalue weighted by molar-refractivity contribution is 5.99. The number of hydrogen-bond donors (Lipinski definition) is 2. The Hall–Kier alpha value is -1.51. The molecular weight excluding hydrogens is 216 g/mol. The lowest BCUT2D eigenvalue weighted by atomic mass is 9.96. The average molecular weight is 236 g/mol. The molecule has 0 spiro atoms. The van der Waals surface area contributed by atoms with Gasteiger partial charge in [-0.25, -0.2) is 0 Å². The maximum Gasteiger partial charge on any atom is 0.166 e. The molecule has 0 aliphatic carbocycles. The zero-order chi connectivity index (χ0) is 13.0. The van der Waals surface area contributed by atoms with Gasteiger partial charge in [0.25, 0.3) is 0 Å². The summed E-state index contributed by atoms with van der Waals surface area (Å²) in [6.45, 7) is 5.88. The van der Waals surface area contributed by atoms with Crippen molar-refractivity contribution < 1.29 is 15.0 Å². The first-order chi connectivity index (χ1) is 7.97. The summed E-state index contributed by atoms with van der Waals surface area (Å²) in [7, 11) is 0. The summed E-state index contributed by atoms with van der Waals surface area (Å²) in [5.74, 6) is 0.183. The molecule has 0 bridgehead atoms. The molecule has 3 heteroatoms. The minimum atomic E-state index is -0.0742. The van der Waals surface area contributed by atoms with E-state index in [0.29, 0.717) is 24.0 Å². The van der Waals surface area contributed by atoms with Gasteiger partial charge in [-0.3, -0.25) is 4.79 Å². The van der Waals surface area contributed by atoms with Crippen LogP contribution in [0.1, 0.15) is 49.5 Å². The largest absolute Gasteiger partial charge is 0.508 e. The summed E-state index contributed by atoms with van der Waals surface area (Å²) < 4.78 is 0. The van der Waals surface area contributed by atoms with Crippen LogP contribution >= 0.6 is 0 Å². The molecule has 0 aromatic heterocycles. The molecular formula is C14H20O3. The first kappa shape index (κ1) is 13.6. The van der Waals surface area contributed by atoms with Crippen molar-refractivity contribution >= 4 is 5.78 Å². The Morgan fingerprint density at radius 2 is 1.94 bits per heavy atom.